The Labute approximate surface area is 157 Å². The van der Waals surface area contributed by atoms with Crippen molar-refractivity contribution in [3.05, 3.63) is 89.3 Å². The summed E-state index contributed by atoms with van der Waals surface area (Å²) >= 11 is 0. The van der Waals surface area contributed by atoms with Crippen LogP contribution in [0, 0.1) is 0 Å². The second-order valence-electron chi connectivity index (χ2n) is 6.57. The Kier molecular flexibility index (Phi) is 8.08. The number of benzene rings is 1. The average Bonchev–Trinajstić information content (AvgIpc) is 2.66. The average molecular weight is 352 g/mol. The lowest BCUT2D eigenvalue weighted by atomic mass is 9.84. The van der Waals surface area contributed by atoms with Crippen LogP contribution in [0.5, 0.6) is 0 Å². The maximum atomic E-state index is 4.32. The Balaban J connectivity index is 2.28. The molecule has 2 rings (SSSR count). The molecule has 1 aliphatic rings. The fourth-order valence-electron chi connectivity index (χ4n) is 3.40. The molecule has 0 aromatic heterocycles. The fraction of sp³-hybridized carbons (Fsp3) is 0.333. The minimum absolute atomic E-state index is 0.113. The van der Waals surface area contributed by atoms with Crippen molar-refractivity contribution in [2.24, 2.45) is 0 Å². The van der Waals surface area contributed by atoms with Crippen LogP contribution in [0.3, 0.4) is 0 Å². The van der Waals surface area contributed by atoms with Crippen molar-refractivity contribution in [3.63, 3.8) is 0 Å². The van der Waals surface area contributed by atoms with Crippen LogP contribution < -0.4 is 0 Å². The quantitative estimate of drug-likeness (QED) is 0.353. The molecule has 1 aromatic rings. The molecule has 0 radical (unpaired) electrons. The Hall–Kier alpha value is -1.73. The molecule has 1 aromatic carbocycles. The molecule has 1 saturated carbocycles. The molecule has 1 aliphatic carbocycles. The fourth-order valence-corrected chi connectivity index (χ4v) is 5.32. The molecule has 1 heteroatoms. The van der Waals surface area contributed by atoms with Crippen molar-refractivity contribution in [2.45, 2.75) is 56.8 Å². The van der Waals surface area contributed by atoms with Crippen LogP contribution in [0.4, 0.5) is 0 Å². The van der Waals surface area contributed by atoms with Gasteiger partial charge in [0.15, 0.2) is 9.80 Å². The van der Waals surface area contributed by atoms with Crippen molar-refractivity contribution in [1.82, 2.24) is 0 Å². The van der Waals surface area contributed by atoms with E-state index in [1.807, 2.05) is 19.1 Å². The van der Waals surface area contributed by atoms with Gasteiger partial charge in [-0.25, -0.2) is 0 Å². The normalized spacial score (nSPS) is 17.9. The smallest absolute Gasteiger partial charge is 0.0991 e. The van der Waals surface area contributed by atoms with Gasteiger partial charge in [-0.3, -0.25) is 0 Å². The Bertz CT molecular complexity index is 652. The molecular weight excluding hydrogens is 320 g/mol. The number of hydrogen-bond donors (Lipinski definition) is 0. The highest BCUT2D eigenvalue weighted by Crippen LogP contribution is 2.35. The van der Waals surface area contributed by atoms with Crippen LogP contribution in [0.15, 0.2) is 88.6 Å². The van der Waals surface area contributed by atoms with Gasteiger partial charge in [0.25, 0.3) is 0 Å². The van der Waals surface area contributed by atoms with E-state index in [1.165, 1.54) is 47.5 Å². The summed E-state index contributed by atoms with van der Waals surface area (Å²) in [6.45, 7) is 12.3. The minimum atomic E-state index is -0.113. The van der Waals surface area contributed by atoms with E-state index in [0.717, 1.165) is 10.8 Å². The lowest BCUT2D eigenvalue weighted by molar-refractivity contribution is 0.443. The first-order valence-corrected chi connectivity index (χ1v) is 10.5. The number of hydrogen-bond acceptors (Lipinski definition) is 0. The molecule has 0 heterocycles. The molecule has 0 amide bonds. The van der Waals surface area contributed by atoms with E-state index in [0.29, 0.717) is 0 Å². The monoisotopic (exact) mass is 351 g/mol. The van der Waals surface area contributed by atoms with Crippen LogP contribution in [-0.2, 0) is 10.9 Å². The first-order chi connectivity index (χ1) is 12.2. The van der Waals surface area contributed by atoms with Gasteiger partial charge >= 0.3 is 0 Å². The minimum Gasteiger partial charge on any atom is -0.0991 e. The molecule has 0 N–H and O–H groups in total. The van der Waals surface area contributed by atoms with Crippen molar-refractivity contribution in [1.29, 1.82) is 0 Å². The largest absolute Gasteiger partial charge is 0.166 e. The third-order valence-corrected chi connectivity index (χ3v) is 6.90. The highest BCUT2D eigenvalue weighted by atomic mass is 32.2. The maximum absolute atomic E-state index is 4.32. The van der Waals surface area contributed by atoms with Crippen molar-refractivity contribution in [2.75, 3.05) is 0 Å². The van der Waals surface area contributed by atoms with Crippen molar-refractivity contribution in [3.8, 4) is 0 Å². The summed E-state index contributed by atoms with van der Waals surface area (Å²) in [6, 6.07) is 9.32. The number of rotatable bonds is 7. The zero-order chi connectivity index (χ0) is 18.1. The van der Waals surface area contributed by atoms with Gasteiger partial charge in [0.05, 0.1) is 10.9 Å². The predicted octanol–water partition coefficient (Wildman–Crippen LogP) is 7.45. The maximum Gasteiger partial charge on any atom is 0.166 e. The first-order valence-electron chi connectivity index (χ1n) is 9.29. The van der Waals surface area contributed by atoms with E-state index >= 15 is 0 Å². The van der Waals surface area contributed by atoms with Gasteiger partial charge in [-0.05, 0) is 62.1 Å². The van der Waals surface area contributed by atoms with Gasteiger partial charge < -0.3 is 0 Å². The second-order valence-corrected chi connectivity index (χ2v) is 8.83. The SMILES string of the molecule is C=C/C=C\C(=C)[S+](/C(C)=C/C=C\C)c1ccc(C2CCCCC2)cc1. The van der Waals surface area contributed by atoms with Crippen LogP contribution in [0.25, 0.3) is 0 Å². The van der Waals surface area contributed by atoms with E-state index in [4.69, 9.17) is 0 Å². The highest BCUT2D eigenvalue weighted by molar-refractivity contribution is 8.04. The summed E-state index contributed by atoms with van der Waals surface area (Å²) in [5, 5.41) is 0. The van der Waals surface area contributed by atoms with Crippen LogP contribution >= 0.6 is 0 Å². The molecule has 1 atom stereocenters. The van der Waals surface area contributed by atoms with E-state index in [-0.39, 0.29) is 10.9 Å². The third-order valence-electron chi connectivity index (χ3n) is 4.72. The predicted molar refractivity (Wildman–Crippen MR) is 115 cm³/mol. The molecular formula is C24H31S+. The zero-order valence-corrected chi connectivity index (χ0v) is 16.5. The van der Waals surface area contributed by atoms with E-state index in [1.54, 1.807) is 0 Å². The van der Waals surface area contributed by atoms with Crippen LogP contribution in [-0.4, -0.2) is 0 Å². The molecule has 1 fully saturated rings. The van der Waals surface area contributed by atoms with Crippen molar-refractivity contribution < 1.29 is 0 Å². The highest BCUT2D eigenvalue weighted by Gasteiger charge is 2.28. The molecule has 0 bridgehead atoms. The Morgan fingerprint density at radius 3 is 2.36 bits per heavy atom. The first kappa shape index (κ1) is 19.6. The third kappa shape index (κ3) is 5.64. The van der Waals surface area contributed by atoms with Gasteiger partial charge in [-0.2, -0.15) is 0 Å². The van der Waals surface area contributed by atoms with Gasteiger partial charge in [-0.1, -0.05) is 62.3 Å². The van der Waals surface area contributed by atoms with Gasteiger partial charge in [0, 0.05) is 6.92 Å². The van der Waals surface area contributed by atoms with E-state index < -0.39 is 0 Å². The molecule has 1 unspecified atom stereocenters. The summed E-state index contributed by atoms with van der Waals surface area (Å²) in [4.78, 5) is 3.81. The zero-order valence-electron chi connectivity index (χ0n) is 15.7. The van der Waals surface area contributed by atoms with Crippen molar-refractivity contribution >= 4 is 10.9 Å². The molecule has 25 heavy (non-hydrogen) atoms. The molecule has 0 spiro atoms. The van der Waals surface area contributed by atoms with Crippen LogP contribution in [0.1, 0.15) is 57.4 Å². The van der Waals surface area contributed by atoms with Gasteiger partial charge in [0.1, 0.15) is 4.91 Å². The summed E-state index contributed by atoms with van der Waals surface area (Å²) in [7, 11) is -0.113. The molecule has 132 valence electrons. The Morgan fingerprint density at radius 2 is 1.76 bits per heavy atom. The summed E-state index contributed by atoms with van der Waals surface area (Å²) in [6.07, 6.45) is 19.1. The van der Waals surface area contributed by atoms with Crippen LogP contribution in [0.2, 0.25) is 0 Å². The van der Waals surface area contributed by atoms with E-state index in [9.17, 15) is 0 Å². The van der Waals surface area contributed by atoms with E-state index in [2.05, 4.69) is 68.7 Å². The summed E-state index contributed by atoms with van der Waals surface area (Å²) in [5.74, 6) is 0.758. The van der Waals surface area contributed by atoms with Gasteiger partial charge in [0.2, 0.25) is 0 Å². The molecule has 0 nitrogen and oxygen atoms in total. The topological polar surface area (TPSA) is 0 Å². The molecule has 0 aliphatic heterocycles. The second kappa shape index (κ2) is 10.3. The molecule has 0 saturated heterocycles. The Morgan fingerprint density at radius 1 is 1.08 bits per heavy atom. The number of allylic oxidation sites excluding steroid dienone is 7. The lowest BCUT2D eigenvalue weighted by Crippen LogP contribution is -2.07. The van der Waals surface area contributed by atoms with Gasteiger partial charge in [-0.15, -0.1) is 0 Å². The summed E-state index contributed by atoms with van der Waals surface area (Å²) < 4.78 is 0. The lowest BCUT2D eigenvalue weighted by Gasteiger charge is -2.22. The summed E-state index contributed by atoms with van der Waals surface area (Å²) in [5.41, 5.74) is 1.51. The standard InChI is InChI=1S/C24H31S/c1-5-7-12-20(3)25(21(4)13-8-6-2)24-18-16-23(17-19-24)22-14-10-9-11-15-22/h5-8,12-13,16-19,22H,1,3,9-11,14-15H2,2,4H3/q+1/b8-6-,12-7-,21-13+.